The molecule has 12 unspecified atom stereocenters. The zero-order chi connectivity index (χ0) is 56.7. The quantitative estimate of drug-likeness (QED) is 0.0342. The van der Waals surface area contributed by atoms with Gasteiger partial charge >= 0.3 is 11.9 Å². The summed E-state index contributed by atoms with van der Waals surface area (Å²) in [5, 5.41) is 126. The smallest absolute Gasteiger partial charge is 0.344 e. The fourth-order valence-corrected chi connectivity index (χ4v) is 12.9. The van der Waals surface area contributed by atoms with Gasteiger partial charge in [-0.1, -0.05) is 69.7 Å². The summed E-state index contributed by atoms with van der Waals surface area (Å²) in [6.07, 6.45) is -9.57. The lowest BCUT2D eigenvalue weighted by Gasteiger charge is -2.55. The van der Waals surface area contributed by atoms with Crippen LogP contribution in [0.4, 0.5) is 5.69 Å². The number of benzene rings is 3. The highest BCUT2D eigenvalue weighted by Crippen LogP contribution is 2.62. The summed E-state index contributed by atoms with van der Waals surface area (Å²) in [6, 6.07) is 8.28. The van der Waals surface area contributed by atoms with Crippen molar-refractivity contribution in [2.75, 3.05) is 38.4 Å². The first kappa shape index (κ1) is 57.4. The average molecular weight is 1100 g/mol. The van der Waals surface area contributed by atoms with Crippen LogP contribution in [-0.2, 0) is 27.7 Å². The van der Waals surface area contributed by atoms with Crippen molar-refractivity contribution >= 4 is 23.6 Å². The van der Waals surface area contributed by atoms with Crippen molar-refractivity contribution in [1.82, 2.24) is 5.32 Å². The zero-order valence-electron chi connectivity index (χ0n) is 44.8. The van der Waals surface area contributed by atoms with Crippen LogP contribution in [0.25, 0.3) is 0 Å². The van der Waals surface area contributed by atoms with Gasteiger partial charge in [-0.25, -0.2) is 14.6 Å². The standard InChI is InChI=1S/C57H74N4O18/c1-5-30-12-10-13-31(24-30)15-22-75-47-43(65)39-38-33(35(63)16-23-74-46(38)44(47)66)26-57(53(72)78-50(39)70)52(71)56(73)19-11-14-34-37(42(64)28(2)3)29(4)61-41-32(49(68)69)25-36(76-27-60-54(58)59-20-8-9-21-62)45(77-51(79-57)48(56)67)40(41)55(34)17-6-7-18-55/h10,12-13,24-25,28-29,33-35,37,42,48,51-53,61-67,71-73H,5-9,15-23,26-27H2,1-4H3,(H,68,69)(H3,58,59,60). The van der Waals surface area contributed by atoms with Crippen molar-refractivity contribution in [1.29, 1.82) is 0 Å². The van der Waals surface area contributed by atoms with Gasteiger partial charge in [0.1, 0.15) is 23.4 Å². The highest BCUT2D eigenvalue weighted by Gasteiger charge is 2.68. The Morgan fingerprint density at radius 2 is 1.78 bits per heavy atom. The van der Waals surface area contributed by atoms with Gasteiger partial charge in [0.25, 0.3) is 0 Å². The van der Waals surface area contributed by atoms with Crippen LogP contribution in [0.2, 0.25) is 0 Å². The molecule has 5 aliphatic heterocycles. The minimum Gasteiger partial charge on any atom is -0.504 e. The second-order valence-electron chi connectivity index (χ2n) is 22.2. The van der Waals surface area contributed by atoms with Crippen molar-refractivity contribution < 1.29 is 89.1 Å². The number of aliphatic hydroxyl groups excluding tert-OH is 6. The molecule has 3 aromatic rings. The maximum Gasteiger partial charge on any atom is 0.344 e. The highest BCUT2D eigenvalue weighted by atomic mass is 16.7. The first-order valence-electron chi connectivity index (χ1n) is 27.3. The van der Waals surface area contributed by atoms with E-state index in [-0.39, 0.29) is 77.7 Å². The number of aliphatic hydroxyl groups is 7. The van der Waals surface area contributed by atoms with E-state index in [0.717, 1.165) is 17.5 Å². The van der Waals surface area contributed by atoms with Crippen LogP contribution >= 0.6 is 0 Å². The first-order chi connectivity index (χ1) is 37.7. The van der Waals surface area contributed by atoms with Gasteiger partial charge in [-0.2, -0.15) is 0 Å². The number of nitrogens with one attached hydrogen (secondary N) is 2. The number of aliphatic imine (C=N–C) groups is 1. The Morgan fingerprint density at radius 1 is 1.04 bits per heavy atom. The number of phenolic OH excluding ortho intramolecular Hbond substituents is 2. The predicted octanol–water partition coefficient (Wildman–Crippen LogP) is 3.01. The molecule has 22 heteroatoms. The number of carboxylic acids is 1. The fraction of sp³-hybridized carbons (Fsp3) is 0.596. The minimum atomic E-state index is -2.86. The van der Waals surface area contributed by atoms with Crippen LogP contribution in [0.15, 0.2) is 35.3 Å². The molecule has 2 spiro atoms. The maximum atomic E-state index is 14.7. The highest BCUT2D eigenvalue weighted by molar-refractivity contribution is 5.99. The zero-order valence-corrected chi connectivity index (χ0v) is 44.8. The van der Waals surface area contributed by atoms with Crippen molar-refractivity contribution in [2.24, 2.45) is 28.5 Å². The number of fused-ring (bicyclic) bond motifs is 2. The van der Waals surface area contributed by atoms with Crippen LogP contribution in [0.3, 0.4) is 0 Å². The number of esters is 1. The Morgan fingerprint density at radius 3 is 2.49 bits per heavy atom. The van der Waals surface area contributed by atoms with Crippen molar-refractivity contribution in [3.8, 4) is 46.3 Å². The van der Waals surface area contributed by atoms with Gasteiger partial charge in [0, 0.05) is 78.8 Å². The molecule has 2 fully saturated rings. The number of aromatic carboxylic acids is 1. The minimum absolute atomic E-state index is 0.0250. The van der Waals surface area contributed by atoms with E-state index in [0.29, 0.717) is 51.5 Å². The first-order valence-corrected chi connectivity index (χ1v) is 27.3. The van der Waals surface area contributed by atoms with E-state index in [1.807, 2.05) is 52.0 Å². The average Bonchev–Trinajstić information content (AvgIpc) is 4.11. The molecule has 0 aromatic heterocycles. The normalized spacial score (nSPS) is 30.1. The molecular formula is C57H74N4O18. The number of ether oxygens (including phenoxy) is 6. The number of phenols is 2. The van der Waals surface area contributed by atoms with Crippen LogP contribution in [0, 0.1) is 29.6 Å². The number of cyclic esters (lactones) is 1. The monoisotopic (exact) mass is 1100 g/mol. The molecule has 4 bridgehead atoms. The Labute approximate surface area is 457 Å². The number of hydrogen-bond donors (Lipinski definition) is 13. The second-order valence-corrected chi connectivity index (χ2v) is 22.2. The largest absolute Gasteiger partial charge is 0.504 e. The molecule has 430 valence electrons. The van der Waals surface area contributed by atoms with Crippen molar-refractivity contribution in [3.63, 3.8) is 0 Å². The van der Waals surface area contributed by atoms with Gasteiger partial charge in [0.05, 0.1) is 36.7 Å². The third-order valence-corrected chi connectivity index (χ3v) is 17.0. The van der Waals surface area contributed by atoms with Crippen LogP contribution < -0.4 is 35.3 Å². The van der Waals surface area contributed by atoms with E-state index in [2.05, 4.69) is 27.5 Å². The lowest BCUT2D eigenvalue weighted by atomic mass is 9.61. The van der Waals surface area contributed by atoms with E-state index in [9.17, 15) is 60.7 Å². The number of guanidine groups is 1. The lowest BCUT2D eigenvalue weighted by Crippen LogP contribution is -2.76. The van der Waals surface area contributed by atoms with E-state index >= 15 is 0 Å². The van der Waals surface area contributed by atoms with Gasteiger partial charge in [0.2, 0.25) is 24.1 Å². The lowest BCUT2D eigenvalue weighted by molar-refractivity contribution is -0.382. The summed E-state index contributed by atoms with van der Waals surface area (Å²) in [4.78, 5) is 32.5. The summed E-state index contributed by atoms with van der Waals surface area (Å²) in [5.41, 5.74) is 0.532. The maximum absolute atomic E-state index is 14.7. The van der Waals surface area contributed by atoms with Crippen LogP contribution in [0.5, 0.6) is 34.5 Å². The summed E-state index contributed by atoms with van der Waals surface area (Å²) in [7, 11) is 0. The Hall–Kier alpha value is -6.29. The Balaban J connectivity index is 1.20. The molecule has 12 atom stereocenters. The Kier molecular flexibility index (Phi) is 16.7. The number of carboxylic acid groups (broad SMARTS) is 1. The number of nitrogens with zero attached hydrogens (tertiary/aromatic N) is 1. The summed E-state index contributed by atoms with van der Waals surface area (Å²) in [6.45, 7) is 7.00. The van der Waals surface area contributed by atoms with E-state index in [1.54, 1.807) is 0 Å². The van der Waals surface area contributed by atoms with Crippen LogP contribution in [-0.4, -0.2) is 156 Å². The van der Waals surface area contributed by atoms with Crippen molar-refractivity contribution in [2.45, 2.75) is 164 Å². The number of carbonyl (C=O) groups is 2. The van der Waals surface area contributed by atoms with Gasteiger partial charge in [-0.3, -0.25) is 0 Å². The van der Waals surface area contributed by atoms with Gasteiger partial charge in [-0.05, 0) is 62.5 Å². The van der Waals surface area contributed by atoms with E-state index in [4.69, 9.17) is 34.2 Å². The molecule has 9 rings (SSSR count). The molecule has 6 aliphatic rings. The third kappa shape index (κ3) is 10.3. The number of nitrogens with two attached hydrogens (primary N) is 1. The molecule has 0 radical (unpaired) electrons. The molecule has 79 heavy (non-hydrogen) atoms. The summed E-state index contributed by atoms with van der Waals surface area (Å²) >= 11 is 0. The number of anilines is 1. The van der Waals surface area contributed by atoms with Gasteiger partial charge < -0.3 is 95.9 Å². The molecule has 22 nitrogen and oxygen atoms in total. The number of carbonyl (C=O) groups excluding carboxylic acids is 1. The van der Waals surface area contributed by atoms with Gasteiger partial charge in [0.15, 0.2) is 41.3 Å². The molecule has 5 heterocycles. The molecule has 1 aliphatic carbocycles. The molecule has 3 aromatic carbocycles. The number of aromatic hydroxyl groups is 2. The molecule has 0 amide bonds. The van der Waals surface area contributed by atoms with E-state index in [1.165, 1.54) is 6.07 Å². The number of unbranched alkanes of at least 4 members (excludes halogenated alkanes) is 1. The number of aryl methyl sites for hydroxylation is 1. The predicted molar refractivity (Wildman–Crippen MR) is 283 cm³/mol. The number of hydrogen-bond acceptors (Lipinski definition) is 19. The topological polar surface area (TPSA) is 354 Å². The van der Waals surface area contributed by atoms with Gasteiger partial charge in [-0.15, -0.1) is 0 Å². The molecule has 14 N–H and O–H groups in total. The second kappa shape index (κ2) is 23.1. The Bertz CT molecular complexity index is 2860. The molecular weight excluding hydrogens is 1030 g/mol. The number of rotatable bonds is 15. The van der Waals surface area contributed by atoms with Crippen molar-refractivity contribution in [3.05, 3.63) is 63.7 Å². The van der Waals surface area contributed by atoms with Crippen LogP contribution in [0.1, 0.15) is 134 Å². The summed E-state index contributed by atoms with van der Waals surface area (Å²) in [5.74, 6) is -2.84. The van der Waals surface area contributed by atoms with E-state index < -0.39 is 132 Å². The third-order valence-electron chi connectivity index (χ3n) is 17.0. The molecule has 1 saturated heterocycles. The molecule has 1 saturated carbocycles. The SMILES string of the molecule is CCc1cccc(CCOc2c(O)c3c4c(c2O)C(=O)OC(O)C2(CC4C(O)CCO3)OC3Oc4c(OCN=C(N)NCCCCO)cc(C(=O)O)c5c4C4(CCCC4)C(C#CCC(O)(C3O)C2O)C(C(O)C(C)C)C(C)N5)c1. The fourth-order valence-electron chi connectivity index (χ4n) is 12.9. The summed E-state index contributed by atoms with van der Waals surface area (Å²) < 4.78 is 37.5.